The smallest absolute Gasteiger partial charge is 0.293 e. The summed E-state index contributed by atoms with van der Waals surface area (Å²) in [5.74, 6) is 0. The van der Waals surface area contributed by atoms with Crippen LogP contribution in [0.2, 0.25) is 5.02 Å². The van der Waals surface area contributed by atoms with E-state index in [1.54, 1.807) is 42.5 Å². The summed E-state index contributed by atoms with van der Waals surface area (Å²) in [5.41, 5.74) is 1.24. The molecule has 1 aliphatic heterocycles. The number of halogens is 1. The minimum Gasteiger partial charge on any atom is -0.293 e. The molecule has 0 bridgehead atoms. The van der Waals surface area contributed by atoms with Gasteiger partial charge in [-0.2, -0.15) is 0 Å². The average molecular weight is 308 g/mol. The van der Waals surface area contributed by atoms with Crippen LogP contribution in [0, 0.1) is 0 Å². The molecule has 0 radical (unpaired) electrons. The van der Waals surface area contributed by atoms with E-state index < -0.39 is 15.1 Å². The van der Waals surface area contributed by atoms with Crippen molar-refractivity contribution >= 4 is 32.4 Å². The van der Waals surface area contributed by atoms with Gasteiger partial charge in [-0.3, -0.25) is 9.69 Å². The summed E-state index contributed by atoms with van der Waals surface area (Å²) >= 11 is 5.81. The van der Waals surface area contributed by atoms with Crippen LogP contribution in [0.5, 0.6) is 0 Å². The Balaban J connectivity index is 2.03. The SMILES string of the molecule is O=C1N(Cc2ccc(Cl)cc2)c2ccccc2S1(=O)=O. The number of amides is 1. The second-order valence-electron chi connectivity index (χ2n) is 4.45. The van der Waals surface area contributed by atoms with E-state index in [-0.39, 0.29) is 11.4 Å². The van der Waals surface area contributed by atoms with Crippen LogP contribution in [-0.2, 0) is 16.4 Å². The third-order valence-electron chi connectivity index (χ3n) is 3.15. The fourth-order valence-corrected chi connectivity index (χ4v) is 3.65. The molecular formula is C14H10ClNO3S. The van der Waals surface area contributed by atoms with Crippen molar-refractivity contribution in [3.05, 3.63) is 59.1 Å². The van der Waals surface area contributed by atoms with Crippen LogP contribution in [0.1, 0.15) is 5.56 Å². The third-order valence-corrected chi connectivity index (χ3v) is 5.01. The summed E-state index contributed by atoms with van der Waals surface area (Å²) < 4.78 is 24.1. The molecule has 3 rings (SSSR count). The van der Waals surface area contributed by atoms with E-state index in [9.17, 15) is 13.2 Å². The molecule has 0 N–H and O–H groups in total. The maximum absolute atomic E-state index is 12.1. The first kappa shape index (κ1) is 13.1. The maximum atomic E-state index is 12.1. The molecule has 0 atom stereocenters. The van der Waals surface area contributed by atoms with Crippen LogP contribution in [0.4, 0.5) is 10.5 Å². The highest BCUT2D eigenvalue weighted by atomic mass is 35.5. The van der Waals surface area contributed by atoms with Crippen molar-refractivity contribution in [3.8, 4) is 0 Å². The molecule has 0 fully saturated rings. The van der Waals surface area contributed by atoms with Crippen LogP contribution in [-0.4, -0.2) is 13.7 Å². The van der Waals surface area contributed by atoms with Gasteiger partial charge in [-0.25, -0.2) is 8.42 Å². The van der Waals surface area contributed by atoms with Gasteiger partial charge in [0.05, 0.1) is 12.2 Å². The number of carbonyl (C=O) groups is 1. The van der Waals surface area contributed by atoms with Crippen molar-refractivity contribution in [2.45, 2.75) is 11.4 Å². The molecule has 1 heterocycles. The van der Waals surface area contributed by atoms with Crippen molar-refractivity contribution in [1.82, 2.24) is 0 Å². The van der Waals surface area contributed by atoms with Crippen LogP contribution >= 0.6 is 11.6 Å². The molecule has 1 amide bonds. The normalized spacial score (nSPS) is 16.2. The van der Waals surface area contributed by atoms with Gasteiger partial charge < -0.3 is 0 Å². The number of rotatable bonds is 2. The molecule has 6 heteroatoms. The number of fused-ring (bicyclic) bond motifs is 1. The highest BCUT2D eigenvalue weighted by Crippen LogP contribution is 2.36. The number of nitrogens with zero attached hydrogens (tertiary/aromatic N) is 1. The van der Waals surface area contributed by atoms with Gasteiger partial charge in [0.1, 0.15) is 4.90 Å². The number of anilines is 1. The first-order chi connectivity index (χ1) is 9.50. The summed E-state index contributed by atoms with van der Waals surface area (Å²) in [6.45, 7) is 0.201. The average Bonchev–Trinajstić information content (AvgIpc) is 2.63. The summed E-state index contributed by atoms with van der Waals surface area (Å²) in [5, 5.41) is -0.289. The summed E-state index contributed by atoms with van der Waals surface area (Å²) in [6.07, 6.45) is 0. The van der Waals surface area contributed by atoms with E-state index in [0.717, 1.165) is 5.56 Å². The van der Waals surface area contributed by atoms with Crippen LogP contribution < -0.4 is 4.90 Å². The summed E-state index contributed by atoms with van der Waals surface area (Å²) in [7, 11) is -3.90. The molecule has 1 aliphatic rings. The highest BCUT2D eigenvalue weighted by molar-refractivity contribution is 8.07. The lowest BCUT2D eigenvalue weighted by atomic mass is 10.2. The number of carbonyl (C=O) groups excluding carboxylic acids is 1. The fourth-order valence-electron chi connectivity index (χ4n) is 2.17. The third kappa shape index (κ3) is 1.99. The number of para-hydroxylation sites is 1. The molecule has 2 aromatic rings. The van der Waals surface area contributed by atoms with Gasteiger partial charge in [0.15, 0.2) is 0 Å². The maximum Gasteiger partial charge on any atom is 0.348 e. The van der Waals surface area contributed by atoms with Gasteiger partial charge >= 0.3 is 5.24 Å². The zero-order valence-electron chi connectivity index (χ0n) is 10.3. The quantitative estimate of drug-likeness (QED) is 0.855. The predicted molar refractivity (Wildman–Crippen MR) is 76.7 cm³/mol. The first-order valence-corrected chi connectivity index (χ1v) is 7.76. The molecule has 0 aromatic heterocycles. The number of hydrogen-bond donors (Lipinski definition) is 0. The lowest BCUT2D eigenvalue weighted by Gasteiger charge is -2.15. The Morgan fingerprint density at radius 2 is 1.65 bits per heavy atom. The Hall–Kier alpha value is -1.85. The monoisotopic (exact) mass is 307 g/mol. The predicted octanol–water partition coefficient (Wildman–Crippen LogP) is 3.25. The minimum atomic E-state index is -3.90. The van der Waals surface area contributed by atoms with E-state index in [4.69, 9.17) is 11.6 Å². The summed E-state index contributed by atoms with van der Waals surface area (Å²) in [4.78, 5) is 13.4. The molecule has 0 saturated heterocycles. The zero-order valence-corrected chi connectivity index (χ0v) is 11.9. The lowest BCUT2D eigenvalue weighted by Crippen LogP contribution is -2.27. The van der Waals surface area contributed by atoms with Crippen molar-refractivity contribution < 1.29 is 13.2 Å². The van der Waals surface area contributed by atoms with E-state index in [2.05, 4.69) is 0 Å². The zero-order chi connectivity index (χ0) is 14.3. The van der Waals surface area contributed by atoms with E-state index in [1.165, 1.54) is 11.0 Å². The number of hydrogen-bond acceptors (Lipinski definition) is 3. The largest absolute Gasteiger partial charge is 0.348 e. The first-order valence-electron chi connectivity index (χ1n) is 5.90. The van der Waals surface area contributed by atoms with Crippen molar-refractivity contribution in [1.29, 1.82) is 0 Å². The topological polar surface area (TPSA) is 54.5 Å². The Kier molecular flexibility index (Phi) is 3.03. The number of benzene rings is 2. The van der Waals surface area contributed by atoms with Gasteiger partial charge in [-0.15, -0.1) is 0 Å². The Bertz CT molecular complexity index is 784. The van der Waals surface area contributed by atoms with Gasteiger partial charge in [-0.1, -0.05) is 35.9 Å². The van der Waals surface area contributed by atoms with Gasteiger partial charge in [-0.05, 0) is 29.8 Å². The minimum absolute atomic E-state index is 0.0685. The molecule has 0 unspecified atom stereocenters. The molecular weight excluding hydrogens is 298 g/mol. The molecule has 4 nitrogen and oxygen atoms in total. The second kappa shape index (κ2) is 4.61. The van der Waals surface area contributed by atoms with Crippen molar-refractivity contribution in [3.63, 3.8) is 0 Å². The van der Waals surface area contributed by atoms with Crippen molar-refractivity contribution in [2.24, 2.45) is 0 Å². The van der Waals surface area contributed by atoms with E-state index >= 15 is 0 Å². The highest BCUT2D eigenvalue weighted by Gasteiger charge is 2.41. The van der Waals surface area contributed by atoms with Gasteiger partial charge in [0.25, 0.3) is 9.84 Å². The Morgan fingerprint density at radius 3 is 2.35 bits per heavy atom. The molecule has 0 saturated carbocycles. The van der Waals surface area contributed by atoms with Crippen LogP contribution in [0.3, 0.4) is 0 Å². The molecule has 0 aliphatic carbocycles. The van der Waals surface area contributed by atoms with Gasteiger partial charge in [0, 0.05) is 5.02 Å². The summed E-state index contributed by atoms with van der Waals surface area (Å²) in [6, 6.07) is 13.3. The molecule has 2 aromatic carbocycles. The van der Waals surface area contributed by atoms with Crippen molar-refractivity contribution in [2.75, 3.05) is 4.90 Å². The van der Waals surface area contributed by atoms with Crippen LogP contribution in [0.25, 0.3) is 0 Å². The Morgan fingerprint density at radius 1 is 1.00 bits per heavy atom. The Labute approximate surface area is 121 Å². The standard InChI is InChI=1S/C14H10ClNO3S/c15-11-7-5-10(6-8-11)9-16-12-3-1-2-4-13(12)20(18,19)14(16)17/h1-8H,9H2. The molecule has 0 spiro atoms. The van der Waals surface area contributed by atoms with E-state index in [1.807, 2.05) is 0 Å². The van der Waals surface area contributed by atoms with Crippen LogP contribution in [0.15, 0.2) is 53.4 Å². The van der Waals surface area contributed by atoms with Gasteiger partial charge in [0.2, 0.25) is 0 Å². The molecule has 20 heavy (non-hydrogen) atoms. The lowest BCUT2D eigenvalue weighted by molar-refractivity contribution is 0.263. The van der Waals surface area contributed by atoms with E-state index in [0.29, 0.717) is 10.7 Å². The molecule has 102 valence electrons. The number of sulfone groups is 1. The fraction of sp³-hybridized carbons (Fsp3) is 0.0714. The second-order valence-corrected chi connectivity index (χ2v) is 6.68.